The molecule has 1 aliphatic rings. The van der Waals surface area contributed by atoms with E-state index in [2.05, 4.69) is 0 Å². The maximum Gasteiger partial charge on any atom is 0.516 e. The van der Waals surface area contributed by atoms with Crippen LogP contribution in [0.5, 0.6) is 0 Å². The molecule has 0 aliphatic heterocycles. The Morgan fingerprint density at radius 1 is 1.17 bits per heavy atom. The van der Waals surface area contributed by atoms with Gasteiger partial charge in [-0.15, -0.1) is 0 Å². The first-order valence-electron chi connectivity index (χ1n) is 8.61. The fourth-order valence-electron chi connectivity index (χ4n) is 3.15. The summed E-state index contributed by atoms with van der Waals surface area (Å²) >= 11 is 0. The SMILES string of the molecule is CC(C)COC(=O)OC(=O)C(O)(c1ccccc1)C1CCCCC1. The van der Waals surface area contributed by atoms with E-state index in [1.165, 1.54) is 0 Å². The van der Waals surface area contributed by atoms with Crippen molar-refractivity contribution in [3.05, 3.63) is 35.9 Å². The lowest BCUT2D eigenvalue weighted by Gasteiger charge is -2.36. The van der Waals surface area contributed by atoms with Crippen molar-refractivity contribution < 1.29 is 24.2 Å². The average molecular weight is 334 g/mol. The van der Waals surface area contributed by atoms with Gasteiger partial charge in [0.05, 0.1) is 6.61 Å². The molecular formula is C19H26O5. The molecule has 0 heterocycles. The molecule has 1 fully saturated rings. The van der Waals surface area contributed by atoms with Gasteiger partial charge in [-0.05, 0) is 24.3 Å². The number of carbonyl (C=O) groups excluding carboxylic acids is 2. The molecule has 5 nitrogen and oxygen atoms in total. The lowest BCUT2D eigenvalue weighted by Crippen LogP contribution is -2.46. The monoisotopic (exact) mass is 334 g/mol. The highest BCUT2D eigenvalue weighted by Crippen LogP contribution is 2.40. The van der Waals surface area contributed by atoms with Crippen LogP contribution < -0.4 is 0 Å². The zero-order valence-electron chi connectivity index (χ0n) is 14.4. The van der Waals surface area contributed by atoms with Gasteiger partial charge in [-0.2, -0.15) is 0 Å². The highest BCUT2D eigenvalue weighted by atomic mass is 16.7. The Kier molecular flexibility index (Phi) is 6.37. The Hall–Kier alpha value is -1.88. The van der Waals surface area contributed by atoms with Gasteiger partial charge in [-0.3, -0.25) is 0 Å². The molecule has 1 saturated carbocycles. The first kappa shape index (κ1) is 18.5. The van der Waals surface area contributed by atoms with Crippen molar-refractivity contribution in [2.24, 2.45) is 11.8 Å². The largest absolute Gasteiger partial charge is 0.516 e. The van der Waals surface area contributed by atoms with Gasteiger partial charge in [0.1, 0.15) is 0 Å². The number of ether oxygens (including phenoxy) is 2. The van der Waals surface area contributed by atoms with E-state index in [1.807, 2.05) is 19.9 Å². The van der Waals surface area contributed by atoms with E-state index in [0.717, 1.165) is 32.1 Å². The van der Waals surface area contributed by atoms with Crippen molar-refractivity contribution in [3.8, 4) is 0 Å². The number of aliphatic hydroxyl groups is 1. The summed E-state index contributed by atoms with van der Waals surface area (Å²) in [4.78, 5) is 24.4. The number of esters is 1. The Labute approximate surface area is 143 Å². The summed E-state index contributed by atoms with van der Waals surface area (Å²) in [7, 11) is 0. The molecule has 0 spiro atoms. The second kappa shape index (κ2) is 8.29. The molecule has 1 aromatic rings. The summed E-state index contributed by atoms with van der Waals surface area (Å²) in [5, 5.41) is 11.2. The summed E-state index contributed by atoms with van der Waals surface area (Å²) in [6, 6.07) is 8.71. The predicted molar refractivity (Wildman–Crippen MR) is 89.2 cm³/mol. The summed E-state index contributed by atoms with van der Waals surface area (Å²) in [5.41, 5.74) is -1.36. The maximum atomic E-state index is 12.6. The zero-order valence-corrected chi connectivity index (χ0v) is 14.4. The molecule has 1 N–H and O–H groups in total. The van der Waals surface area contributed by atoms with E-state index in [1.54, 1.807) is 24.3 Å². The van der Waals surface area contributed by atoms with Crippen LogP contribution in [0, 0.1) is 11.8 Å². The third kappa shape index (κ3) is 4.35. The number of rotatable bonds is 5. The van der Waals surface area contributed by atoms with Gasteiger partial charge in [0.15, 0.2) is 5.60 Å². The molecule has 0 saturated heterocycles. The standard InChI is InChI=1S/C19H26O5/c1-14(2)13-23-18(21)24-17(20)19(22,15-9-5-3-6-10-15)16-11-7-4-8-12-16/h3,5-6,9-10,14,16,22H,4,7-8,11-13H2,1-2H3. The fourth-order valence-corrected chi connectivity index (χ4v) is 3.15. The quantitative estimate of drug-likeness (QED) is 0.655. The molecule has 1 aliphatic carbocycles. The topological polar surface area (TPSA) is 72.8 Å². The normalized spacial score (nSPS) is 18.0. The molecule has 5 heteroatoms. The fraction of sp³-hybridized carbons (Fsp3) is 0.579. The molecule has 1 unspecified atom stereocenters. The van der Waals surface area contributed by atoms with Crippen LogP contribution in [0.2, 0.25) is 0 Å². The van der Waals surface area contributed by atoms with Gasteiger partial charge in [0.2, 0.25) is 0 Å². The molecule has 1 aromatic carbocycles. The summed E-state index contributed by atoms with van der Waals surface area (Å²) < 4.78 is 9.72. The van der Waals surface area contributed by atoms with E-state index < -0.39 is 17.7 Å². The molecular weight excluding hydrogens is 308 g/mol. The van der Waals surface area contributed by atoms with Gasteiger partial charge in [-0.1, -0.05) is 63.4 Å². The van der Waals surface area contributed by atoms with Crippen molar-refractivity contribution >= 4 is 12.1 Å². The first-order valence-corrected chi connectivity index (χ1v) is 8.61. The van der Waals surface area contributed by atoms with Crippen LogP contribution in [-0.4, -0.2) is 23.8 Å². The lowest BCUT2D eigenvalue weighted by atomic mass is 9.73. The van der Waals surface area contributed by atoms with E-state index in [9.17, 15) is 14.7 Å². The van der Waals surface area contributed by atoms with Gasteiger partial charge in [0, 0.05) is 5.92 Å². The Morgan fingerprint density at radius 3 is 2.38 bits per heavy atom. The third-order valence-corrected chi connectivity index (χ3v) is 4.43. The first-order chi connectivity index (χ1) is 11.4. The Balaban J connectivity index is 2.19. The van der Waals surface area contributed by atoms with Crippen molar-refractivity contribution in [2.75, 3.05) is 6.61 Å². The van der Waals surface area contributed by atoms with Crippen LogP contribution in [0.25, 0.3) is 0 Å². The minimum Gasteiger partial charge on any atom is -0.434 e. The van der Waals surface area contributed by atoms with Crippen molar-refractivity contribution in [1.29, 1.82) is 0 Å². The van der Waals surface area contributed by atoms with Crippen LogP contribution in [0.15, 0.2) is 30.3 Å². The third-order valence-electron chi connectivity index (χ3n) is 4.43. The second-order valence-corrected chi connectivity index (χ2v) is 6.81. The molecule has 0 radical (unpaired) electrons. The molecule has 24 heavy (non-hydrogen) atoms. The Morgan fingerprint density at radius 2 is 1.79 bits per heavy atom. The van der Waals surface area contributed by atoms with Gasteiger partial charge in [0.25, 0.3) is 0 Å². The highest BCUT2D eigenvalue weighted by molar-refractivity contribution is 5.89. The number of carbonyl (C=O) groups is 2. The minimum absolute atomic E-state index is 0.138. The second-order valence-electron chi connectivity index (χ2n) is 6.81. The lowest BCUT2D eigenvalue weighted by molar-refractivity contribution is -0.171. The summed E-state index contributed by atoms with van der Waals surface area (Å²) in [6.07, 6.45) is 3.38. The van der Waals surface area contributed by atoms with Gasteiger partial charge >= 0.3 is 12.1 Å². The number of hydrogen-bond donors (Lipinski definition) is 1. The van der Waals surface area contributed by atoms with Crippen LogP contribution in [0.1, 0.15) is 51.5 Å². The van der Waals surface area contributed by atoms with Crippen molar-refractivity contribution in [1.82, 2.24) is 0 Å². The van der Waals surface area contributed by atoms with Crippen LogP contribution >= 0.6 is 0 Å². The molecule has 2 rings (SSSR count). The molecule has 0 bridgehead atoms. The molecule has 0 aromatic heterocycles. The van der Waals surface area contributed by atoms with Crippen LogP contribution in [-0.2, 0) is 19.9 Å². The predicted octanol–water partition coefficient (Wildman–Crippen LogP) is 3.79. The van der Waals surface area contributed by atoms with Crippen molar-refractivity contribution in [2.45, 2.75) is 51.6 Å². The molecule has 132 valence electrons. The highest BCUT2D eigenvalue weighted by Gasteiger charge is 2.48. The minimum atomic E-state index is -1.82. The van der Waals surface area contributed by atoms with E-state index in [-0.39, 0.29) is 18.4 Å². The number of benzene rings is 1. The maximum absolute atomic E-state index is 12.6. The zero-order chi connectivity index (χ0) is 17.6. The van der Waals surface area contributed by atoms with E-state index in [0.29, 0.717) is 5.56 Å². The number of hydrogen-bond acceptors (Lipinski definition) is 5. The van der Waals surface area contributed by atoms with Crippen LogP contribution in [0.4, 0.5) is 4.79 Å². The summed E-state index contributed by atoms with van der Waals surface area (Å²) in [5.74, 6) is -1.08. The van der Waals surface area contributed by atoms with Crippen molar-refractivity contribution in [3.63, 3.8) is 0 Å². The van der Waals surface area contributed by atoms with E-state index >= 15 is 0 Å². The summed E-state index contributed by atoms with van der Waals surface area (Å²) in [6.45, 7) is 3.94. The average Bonchev–Trinajstić information content (AvgIpc) is 2.60. The van der Waals surface area contributed by atoms with Gasteiger partial charge in [-0.25, -0.2) is 9.59 Å². The Bertz CT molecular complexity index is 548. The van der Waals surface area contributed by atoms with Gasteiger partial charge < -0.3 is 14.6 Å². The molecule has 0 amide bonds. The smallest absolute Gasteiger partial charge is 0.434 e. The van der Waals surface area contributed by atoms with Crippen LogP contribution in [0.3, 0.4) is 0 Å². The van der Waals surface area contributed by atoms with E-state index in [4.69, 9.17) is 9.47 Å². The molecule has 1 atom stereocenters.